The maximum Gasteiger partial charge on any atom is 0.118 e. The van der Waals surface area contributed by atoms with Gasteiger partial charge in [-0.2, -0.15) is 10.1 Å². The Morgan fingerprint density at radius 3 is 2.74 bits per heavy atom. The molecule has 0 amide bonds. The Morgan fingerprint density at radius 1 is 1.37 bits per heavy atom. The van der Waals surface area contributed by atoms with Crippen molar-refractivity contribution in [1.82, 2.24) is 9.78 Å². The largest absolute Gasteiger partial charge is 0.263 e. The lowest BCUT2D eigenvalue weighted by molar-refractivity contribution is 0.659. The van der Waals surface area contributed by atoms with Crippen LogP contribution in [0.1, 0.15) is 17.0 Å². The van der Waals surface area contributed by atoms with E-state index in [0.717, 1.165) is 22.6 Å². The van der Waals surface area contributed by atoms with Crippen molar-refractivity contribution in [1.29, 1.82) is 0 Å². The predicted octanol–water partition coefficient (Wildman–Crippen LogP) is 4.59. The van der Waals surface area contributed by atoms with Gasteiger partial charge in [0.05, 0.1) is 23.1 Å². The monoisotopic (exact) mass is 311 g/mol. The average molecular weight is 312 g/mol. The minimum Gasteiger partial charge on any atom is -0.263 e. The number of aliphatic imine (C=N–C) groups is 1. The highest BCUT2D eigenvalue weighted by Gasteiger charge is 2.12. The molecular weight excluding hydrogens is 301 g/mol. The number of benzene rings is 1. The van der Waals surface area contributed by atoms with Gasteiger partial charge in [0, 0.05) is 10.0 Å². The van der Waals surface area contributed by atoms with E-state index in [0.29, 0.717) is 16.6 Å². The van der Waals surface area contributed by atoms with Crippen molar-refractivity contribution in [3.63, 3.8) is 0 Å². The fourth-order valence-electron chi connectivity index (χ4n) is 1.86. The van der Waals surface area contributed by atoms with Gasteiger partial charge in [0.2, 0.25) is 0 Å². The predicted molar refractivity (Wildman–Crippen MR) is 82.0 cm³/mol. The number of halogens is 2. The van der Waals surface area contributed by atoms with Crippen LogP contribution in [-0.2, 0) is 6.54 Å². The molecule has 2 aromatic rings. The van der Waals surface area contributed by atoms with Crippen molar-refractivity contribution in [2.75, 3.05) is 0 Å². The molecule has 98 valence electrons. The second kappa shape index (κ2) is 5.85. The highest BCUT2D eigenvalue weighted by atomic mass is 35.5. The number of nitrogens with zero attached hydrogens (tertiary/aromatic N) is 3. The Balaban J connectivity index is 2.39. The summed E-state index contributed by atoms with van der Waals surface area (Å²) >= 11 is 16.7. The minimum atomic E-state index is 0.565. The van der Waals surface area contributed by atoms with Gasteiger partial charge < -0.3 is 0 Å². The summed E-state index contributed by atoms with van der Waals surface area (Å²) in [5.41, 5.74) is 3.47. The van der Waals surface area contributed by atoms with Crippen molar-refractivity contribution in [2.45, 2.75) is 20.4 Å². The molecule has 2 rings (SSSR count). The van der Waals surface area contributed by atoms with Crippen LogP contribution in [-0.4, -0.2) is 14.9 Å². The smallest absolute Gasteiger partial charge is 0.118 e. The molecule has 0 N–H and O–H groups in total. The van der Waals surface area contributed by atoms with Gasteiger partial charge >= 0.3 is 0 Å². The summed E-state index contributed by atoms with van der Waals surface area (Å²) in [4.78, 5) is 4.03. The van der Waals surface area contributed by atoms with Crippen molar-refractivity contribution in [3.05, 3.63) is 45.2 Å². The fourth-order valence-corrected chi connectivity index (χ4v) is 2.42. The lowest BCUT2D eigenvalue weighted by Gasteiger charge is -2.07. The molecule has 0 aliphatic carbocycles. The Labute approximate surface area is 126 Å². The molecule has 0 atom stereocenters. The van der Waals surface area contributed by atoms with Gasteiger partial charge in [-0.3, -0.25) is 4.68 Å². The van der Waals surface area contributed by atoms with Crippen molar-refractivity contribution in [3.8, 4) is 0 Å². The standard InChI is InChI=1S/C13H11Cl2N3S/c1-8-13(16-7-19)9(2)18(17-8)6-10-3-4-11(14)5-12(10)15/h3-5H,6H2,1-2H3. The molecule has 0 saturated heterocycles. The van der Waals surface area contributed by atoms with Crippen molar-refractivity contribution in [2.24, 2.45) is 4.99 Å². The van der Waals surface area contributed by atoms with Gasteiger partial charge in [0.15, 0.2) is 0 Å². The molecule has 1 aromatic carbocycles. The summed E-state index contributed by atoms with van der Waals surface area (Å²) in [6.07, 6.45) is 0. The van der Waals surface area contributed by atoms with E-state index in [1.165, 1.54) is 0 Å². The molecule has 0 saturated carbocycles. The molecule has 0 radical (unpaired) electrons. The van der Waals surface area contributed by atoms with Crippen LogP contribution < -0.4 is 0 Å². The topological polar surface area (TPSA) is 30.2 Å². The summed E-state index contributed by atoms with van der Waals surface area (Å²) in [6, 6.07) is 5.42. The zero-order valence-electron chi connectivity index (χ0n) is 10.4. The van der Waals surface area contributed by atoms with Crippen LogP contribution in [0.15, 0.2) is 23.2 Å². The normalized spacial score (nSPS) is 10.3. The molecule has 1 heterocycles. The first kappa shape index (κ1) is 14.2. The molecule has 0 fully saturated rings. The molecular formula is C13H11Cl2N3S. The van der Waals surface area contributed by atoms with E-state index in [9.17, 15) is 0 Å². The average Bonchev–Trinajstić information content (AvgIpc) is 2.61. The number of aryl methyl sites for hydroxylation is 1. The van der Waals surface area contributed by atoms with Crippen LogP contribution in [0, 0.1) is 13.8 Å². The molecule has 0 spiro atoms. The maximum atomic E-state index is 6.16. The quantitative estimate of drug-likeness (QED) is 0.613. The van der Waals surface area contributed by atoms with E-state index in [2.05, 4.69) is 27.5 Å². The molecule has 0 aliphatic heterocycles. The van der Waals surface area contributed by atoms with E-state index in [1.807, 2.05) is 30.7 Å². The van der Waals surface area contributed by atoms with E-state index in [1.54, 1.807) is 6.07 Å². The van der Waals surface area contributed by atoms with Crippen LogP contribution in [0.3, 0.4) is 0 Å². The molecule has 1 aromatic heterocycles. The Hall–Kier alpha value is -1.19. The van der Waals surface area contributed by atoms with Crippen LogP contribution in [0.25, 0.3) is 0 Å². The second-order valence-corrected chi connectivity index (χ2v) is 5.14. The Morgan fingerprint density at radius 2 is 2.11 bits per heavy atom. The van der Waals surface area contributed by atoms with Gasteiger partial charge in [-0.05, 0) is 43.8 Å². The highest BCUT2D eigenvalue weighted by molar-refractivity contribution is 7.78. The first-order valence-corrected chi connectivity index (χ1v) is 6.75. The van der Waals surface area contributed by atoms with Crippen LogP contribution >= 0.6 is 35.4 Å². The van der Waals surface area contributed by atoms with Crippen LogP contribution in [0.4, 0.5) is 5.69 Å². The number of hydrogen-bond acceptors (Lipinski definition) is 3. The van der Waals surface area contributed by atoms with Crippen LogP contribution in [0.5, 0.6) is 0 Å². The van der Waals surface area contributed by atoms with Gasteiger partial charge in [0.25, 0.3) is 0 Å². The van der Waals surface area contributed by atoms with E-state index < -0.39 is 0 Å². The zero-order chi connectivity index (χ0) is 14.0. The number of rotatable bonds is 3. The van der Waals surface area contributed by atoms with E-state index in [-0.39, 0.29) is 0 Å². The highest BCUT2D eigenvalue weighted by Crippen LogP contribution is 2.26. The van der Waals surface area contributed by atoms with Crippen LogP contribution in [0.2, 0.25) is 10.0 Å². The van der Waals surface area contributed by atoms with Gasteiger partial charge in [-0.15, -0.1) is 0 Å². The Kier molecular flexibility index (Phi) is 4.38. The van der Waals surface area contributed by atoms with E-state index in [4.69, 9.17) is 23.2 Å². The van der Waals surface area contributed by atoms with Crippen molar-refractivity contribution >= 4 is 46.3 Å². The Bertz CT molecular complexity index is 673. The first-order valence-electron chi connectivity index (χ1n) is 5.58. The number of hydrogen-bond donors (Lipinski definition) is 0. The fraction of sp³-hybridized carbons (Fsp3) is 0.231. The third kappa shape index (κ3) is 3.04. The van der Waals surface area contributed by atoms with E-state index >= 15 is 0 Å². The number of thiocarbonyl (C=S) groups is 1. The molecule has 0 aliphatic rings. The SMILES string of the molecule is Cc1nn(Cc2ccc(Cl)cc2Cl)c(C)c1N=C=S. The minimum absolute atomic E-state index is 0.565. The maximum absolute atomic E-state index is 6.16. The third-order valence-electron chi connectivity index (χ3n) is 2.84. The molecule has 19 heavy (non-hydrogen) atoms. The first-order chi connectivity index (χ1) is 9.02. The summed E-state index contributed by atoms with van der Waals surface area (Å²) in [6.45, 7) is 4.39. The summed E-state index contributed by atoms with van der Waals surface area (Å²) in [5, 5.41) is 8.05. The summed E-state index contributed by atoms with van der Waals surface area (Å²) < 4.78 is 1.84. The summed E-state index contributed by atoms with van der Waals surface area (Å²) in [5.74, 6) is 0. The molecule has 0 bridgehead atoms. The van der Waals surface area contributed by atoms with Gasteiger partial charge in [0.1, 0.15) is 5.69 Å². The van der Waals surface area contributed by atoms with Gasteiger partial charge in [-0.25, -0.2) is 0 Å². The number of aromatic nitrogens is 2. The second-order valence-electron chi connectivity index (χ2n) is 4.12. The lowest BCUT2D eigenvalue weighted by Crippen LogP contribution is -2.04. The molecule has 6 heteroatoms. The lowest BCUT2D eigenvalue weighted by atomic mass is 10.2. The molecule has 3 nitrogen and oxygen atoms in total. The van der Waals surface area contributed by atoms with Gasteiger partial charge in [-0.1, -0.05) is 29.3 Å². The third-order valence-corrected chi connectivity index (χ3v) is 3.51. The zero-order valence-corrected chi connectivity index (χ0v) is 12.8. The number of isothiocyanates is 1. The molecule has 0 unspecified atom stereocenters. The van der Waals surface area contributed by atoms with Crippen molar-refractivity contribution < 1.29 is 0 Å². The summed E-state index contributed by atoms with van der Waals surface area (Å²) in [7, 11) is 0.